The summed E-state index contributed by atoms with van der Waals surface area (Å²) in [6.07, 6.45) is 47.6. The summed E-state index contributed by atoms with van der Waals surface area (Å²) in [5, 5.41) is 9.57. The van der Waals surface area contributed by atoms with Gasteiger partial charge in [-0.2, -0.15) is 0 Å². The molecule has 0 aromatic heterocycles. The van der Waals surface area contributed by atoms with Gasteiger partial charge in [0.05, 0.1) is 13.2 Å². The van der Waals surface area contributed by atoms with Crippen LogP contribution in [0.4, 0.5) is 0 Å². The minimum absolute atomic E-state index is 0.179. The lowest BCUT2D eigenvalue weighted by atomic mass is 10.1. The predicted molar refractivity (Wildman–Crippen MR) is 196 cm³/mol. The monoisotopic (exact) mass is 633 g/mol. The van der Waals surface area contributed by atoms with Crippen molar-refractivity contribution >= 4 is 5.97 Å². The highest BCUT2D eigenvalue weighted by Crippen LogP contribution is 2.12. The summed E-state index contributed by atoms with van der Waals surface area (Å²) in [5.74, 6) is -0.216. The molecule has 0 aromatic rings. The average molecular weight is 633 g/mol. The number of allylic oxidation sites excluding steroid dienone is 6. The first-order valence-electron chi connectivity index (χ1n) is 19.6. The second kappa shape index (κ2) is 38.8. The molecule has 0 aliphatic carbocycles. The standard InChI is InChI=1S/C41H76O4/c1-3-5-7-9-11-13-15-17-19-21-23-25-27-29-31-33-35-37-44-39-40(38-42)45-41(43)36-34-32-30-28-26-24-22-20-18-16-14-12-10-8-6-4-2/h14,16,19-22,40,42H,3-13,15,17-18,23-39H2,1-2H3/b16-14-,21-19-,22-20-. The Balaban J connectivity index is 3.47. The number of esters is 1. The largest absolute Gasteiger partial charge is 0.457 e. The zero-order chi connectivity index (χ0) is 32.7. The minimum Gasteiger partial charge on any atom is -0.457 e. The van der Waals surface area contributed by atoms with Gasteiger partial charge >= 0.3 is 5.97 Å². The molecule has 0 aromatic carbocycles. The van der Waals surface area contributed by atoms with E-state index < -0.39 is 6.10 Å². The molecule has 0 aliphatic heterocycles. The highest BCUT2D eigenvalue weighted by molar-refractivity contribution is 5.69. The zero-order valence-electron chi connectivity index (χ0n) is 30.1. The lowest BCUT2D eigenvalue weighted by Crippen LogP contribution is -2.27. The van der Waals surface area contributed by atoms with E-state index in [4.69, 9.17) is 9.47 Å². The van der Waals surface area contributed by atoms with Gasteiger partial charge in [0.1, 0.15) is 6.10 Å². The lowest BCUT2D eigenvalue weighted by molar-refractivity contribution is -0.154. The minimum atomic E-state index is -0.543. The summed E-state index contributed by atoms with van der Waals surface area (Å²) >= 11 is 0. The molecule has 0 heterocycles. The first-order chi connectivity index (χ1) is 22.2. The van der Waals surface area contributed by atoms with Crippen LogP contribution in [0.25, 0.3) is 0 Å². The molecule has 0 amide bonds. The molecule has 0 saturated heterocycles. The topological polar surface area (TPSA) is 55.8 Å². The quantitative estimate of drug-likeness (QED) is 0.0424. The third-order valence-corrected chi connectivity index (χ3v) is 8.44. The summed E-state index contributed by atoms with van der Waals surface area (Å²) in [7, 11) is 0. The summed E-state index contributed by atoms with van der Waals surface area (Å²) in [6.45, 7) is 5.31. The Labute approximate surface area is 280 Å². The van der Waals surface area contributed by atoms with Crippen molar-refractivity contribution in [1.29, 1.82) is 0 Å². The van der Waals surface area contributed by atoms with Gasteiger partial charge in [0.25, 0.3) is 0 Å². The van der Waals surface area contributed by atoms with Crippen molar-refractivity contribution in [2.24, 2.45) is 0 Å². The van der Waals surface area contributed by atoms with Crippen molar-refractivity contribution in [3.05, 3.63) is 36.5 Å². The van der Waals surface area contributed by atoms with Crippen LogP contribution in [0.5, 0.6) is 0 Å². The molecule has 45 heavy (non-hydrogen) atoms. The molecule has 0 saturated carbocycles. The van der Waals surface area contributed by atoms with Crippen LogP contribution in [0, 0.1) is 0 Å². The number of aliphatic hydroxyl groups excluding tert-OH is 1. The summed E-state index contributed by atoms with van der Waals surface area (Å²) in [5.41, 5.74) is 0. The Hall–Kier alpha value is -1.39. The number of unbranched alkanes of at least 4 members (excludes halogenated alkanes) is 22. The van der Waals surface area contributed by atoms with E-state index >= 15 is 0 Å². The van der Waals surface area contributed by atoms with E-state index in [9.17, 15) is 9.90 Å². The van der Waals surface area contributed by atoms with E-state index in [1.165, 1.54) is 135 Å². The van der Waals surface area contributed by atoms with E-state index in [2.05, 4.69) is 50.3 Å². The van der Waals surface area contributed by atoms with Crippen molar-refractivity contribution in [1.82, 2.24) is 0 Å². The Morgan fingerprint density at radius 3 is 1.42 bits per heavy atom. The van der Waals surface area contributed by atoms with Gasteiger partial charge in [-0.05, 0) is 70.6 Å². The fourth-order valence-corrected chi connectivity index (χ4v) is 5.47. The van der Waals surface area contributed by atoms with Crippen molar-refractivity contribution < 1.29 is 19.4 Å². The number of rotatable bonds is 36. The molecule has 0 fully saturated rings. The number of hydrogen-bond acceptors (Lipinski definition) is 4. The van der Waals surface area contributed by atoms with Crippen molar-refractivity contribution in [2.45, 2.75) is 200 Å². The molecule has 4 nitrogen and oxygen atoms in total. The molecule has 0 radical (unpaired) electrons. The lowest BCUT2D eigenvalue weighted by Gasteiger charge is -2.15. The maximum Gasteiger partial charge on any atom is 0.306 e. The number of aliphatic hydroxyl groups is 1. The highest BCUT2D eigenvalue weighted by atomic mass is 16.6. The van der Waals surface area contributed by atoms with Crippen LogP contribution < -0.4 is 0 Å². The second-order valence-corrected chi connectivity index (χ2v) is 13.0. The first kappa shape index (κ1) is 43.6. The Morgan fingerprint density at radius 1 is 0.533 bits per heavy atom. The molecule has 0 aliphatic rings. The van der Waals surface area contributed by atoms with Crippen LogP contribution in [0.3, 0.4) is 0 Å². The van der Waals surface area contributed by atoms with Crippen LogP contribution in [0.1, 0.15) is 194 Å². The van der Waals surface area contributed by atoms with Gasteiger partial charge in [0.15, 0.2) is 0 Å². The van der Waals surface area contributed by atoms with E-state index in [0.29, 0.717) is 13.0 Å². The molecule has 0 rings (SSSR count). The number of carbonyl (C=O) groups excluding carboxylic acids is 1. The van der Waals surface area contributed by atoms with E-state index in [0.717, 1.165) is 38.5 Å². The molecule has 1 N–H and O–H groups in total. The van der Waals surface area contributed by atoms with Gasteiger partial charge in [0, 0.05) is 13.0 Å². The molecule has 4 heteroatoms. The fourth-order valence-electron chi connectivity index (χ4n) is 5.47. The molecule has 0 bridgehead atoms. The third-order valence-electron chi connectivity index (χ3n) is 8.44. The SMILES string of the molecule is CCCCCC/C=C\C/C=C\CCCCCCCC(=O)OC(CO)COCCCCCCCC/C=C\CCCCCCCCC. The highest BCUT2D eigenvalue weighted by Gasteiger charge is 2.13. The van der Waals surface area contributed by atoms with Crippen molar-refractivity contribution in [3.8, 4) is 0 Å². The molecule has 1 unspecified atom stereocenters. The average Bonchev–Trinajstić information content (AvgIpc) is 3.05. The van der Waals surface area contributed by atoms with Gasteiger partial charge in [-0.15, -0.1) is 0 Å². The molecule has 264 valence electrons. The number of carbonyl (C=O) groups is 1. The summed E-state index contributed by atoms with van der Waals surface area (Å²) in [6, 6.07) is 0. The van der Waals surface area contributed by atoms with Gasteiger partial charge in [-0.1, -0.05) is 153 Å². The van der Waals surface area contributed by atoms with Crippen LogP contribution in [-0.4, -0.2) is 37.0 Å². The Kier molecular flexibility index (Phi) is 37.6. The van der Waals surface area contributed by atoms with E-state index in [1.54, 1.807) is 0 Å². The zero-order valence-corrected chi connectivity index (χ0v) is 30.1. The predicted octanol–water partition coefficient (Wildman–Crippen LogP) is 12.5. The maximum atomic E-state index is 12.2. The van der Waals surface area contributed by atoms with Crippen LogP contribution in [0.15, 0.2) is 36.5 Å². The molecule has 1 atom stereocenters. The van der Waals surface area contributed by atoms with E-state index in [-0.39, 0.29) is 19.2 Å². The van der Waals surface area contributed by atoms with Crippen LogP contribution in [0.2, 0.25) is 0 Å². The maximum absolute atomic E-state index is 12.2. The summed E-state index contributed by atoms with van der Waals surface area (Å²) < 4.78 is 11.1. The van der Waals surface area contributed by atoms with Gasteiger partial charge < -0.3 is 14.6 Å². The molecule has 0 spiro atoms. The number of ether oxygens (including phenoxy) is 2. The normalized spacial score (nSPS) is 12.7. The summed E-state index contributed by atoms with van der Waals surface area (Å²) in [4.78, 5) is 12.2. The van der Waals surface area contributed by atoms with Gasteiger partial charge in [-0.25, -0.2) is 0 Å². The molecular formula is C41H76O4. The Bertz CT molecular complexity index is 668. The van der Waals surface area contributed by atoms with Gasteiger partial charge in [-0.3, -0.25) is 4.79 Å². The van der Waals surface area contributed by atoms with E-state index in [1.807, 2.05) is 0 Å². The number of hydrogen-bond donors (Lipinski definition) is 1. The smallest absolute Gasteiger partial charge is 0.306 e. The van der Waals surface area contributed by atoms with Gasteiger partial charge in [0.2, 0.25) is 0 Å². The fraction of sp³-hybridized carbons (Fsp3) is 0.829. The van der Waals surface area contributed by atoms with Crippen molar-refractivity contribution in [2.75, 3.05) is 19.8 Å². The molecular weight excluding hydrogens is 556 g/mol. The Morgan fingerprint density at radius 2 is 0.933 bits per heavy atom. The van der Waals surface area contributed by atoms with Crippen LogP contribution in [-0.2, 0) is 14.3 Å². The second-order valence-electron chi connectivity index (χ2n) is 13.0. The van der Waals surface area contributed by atoms with Crippen molar-refractivity contribution in [3.63, 3.8) is 0 Å². The third kappa shape index (κ3) is 36.9. The van der Waals surface area contributed by atoms with Crippen LogP contribution >= 0.6 is 0 Å². The first-order valence-corrected chi connectivity index (χ1v) is 19.6.